The summed E-state index contributed by atoms with van der Waals surface area (Å²) in [6, 6.07) is 0. The van der Waals surface area contributed by atoms with Crippen LogP contribution in [0.1, 0.15) is 51.4 Å². The van der Waals surface area contributed by atoms with Gasteiger partial charge in [0.25, 0.3) is 0 Å². The van der Waals surface area contributed by atoms with E-state index >= 15 is 0 Å². The van der Waals surface area contributed by atoms with Crippen molar-refractivity contribution in [3.8, 4) is 0 Å². The third-order valence-corrected chi connectivity index (χ3v) is 4.11. The number of hydrogen-bond acceptors (Lipinski definition) is 2. The maximum Gasteiger partial charge on any atom is 0.0572 e. The first-order valence-corrected chi connectivity index (χ1v) is 6.15. The van der Waals surface area contributed by atoms with E-state index in [2.05, 4.69) is 0 Å². The Balaban J connectivity index is 1.96. The molecule has 0 bridgehead atoms. The number of hydrogen-bond donors (Lipinski definition) is 2. The molecule has 0 amide bonds. The van der Waals surface area contributed by atoms with Crippen molar-refractivity contribution in [3.63, 3.8) is 0 Å². The largest absolute Gasteiger partial charge is 0.393 e. The number of aliphatic hydroxyl groups excluding tert-OH is 2. The summed E-state index contributed by atoms with van der Waals surface area (Å²) in [5, 5.41) is 19.9. The average molecular weight is 198 g/mol. The first kappa shape index (κ1) is 10.4. The van der Waals surface area contributed by atoms with Crippen molar-refractivity contribution in [1.29, 1.82) is 0 Å². The standard InChI is InChI=1S/C12H22O2/c13-11-7-3-1-5-9(11)10-6-2-4-8-12(10)14/h9-14H,1-8H2. The van der Waals surface area contributed by atoms with Crippen molar-refractivity contribution in [1.82, 2.24) is 0 Å². The molecule has 0 aromatic rings. The molecule has 0 heterocycles. The van der Waals surface area contributed by atoms with Crippen molar-refractivity contribution in [2.24, 2.45) is 11.8 Å². The second-order valence-corrected chi connectivity index (χ2v) is 5.03. The molecule has 0 saturated heterocycles. The van der Waals surface area contributed by atoms with Crippen LogP contribution in [0, 0.1) is 11.8 Å². The third kappa shape index (κ3) is 2.12. The maximum absolute atomic E-state index is 9.93. The minimum Gasteiger partial charge on any atom is -0.393 e. The van der Waals surface area contributed by atoms with Gasteiger partial charge in [0.05, 0.1) is 12.2 Å². The van der Waals surface area contributed by atoms with Crippen molar-refractivity contribution in [2.45, 2.75) is 63.6 Å². The van der Waals surface area contributed by atoms with Crippen LogP contribution in [0.2, 0.25) is 0 Å². The lowest BCUT2D eigenvalue weighted by Gasteiger charge is -2.39. The lowest BCUT2D eigenvalue weighted by Crippen LogP contribution is -2.38. The fourth-order valence-electron chi connectivity index (χ4n) is 3.28. The van der Waals surface area contributed by atoms with Crippen LogP contribution in [0.5, 0.6) is 0 Å². The topological polar surface area (TPSA) is 40.5 Å². The van der Waals surface area contributed by atoms with Gasteiger partial charge in [0, 0.05) is 0 Å². The monoisotopic (exact) mass is 198 g/mol. The number of aliphatic hydroxyl groups is 2. The Morgan fingerprint density at radius 2 is 0.929 bits per heavy atom. The number of rotatable bonds is 1. The van der Waals surface area contributed by atoms with E-state index in [4.69, 9.17) is 0 Å². The van der Waals surface area contributed by atoms with Crippen molar-refractivity contribution in [2.75, 3.05) is 0 Å². The van der Waals surface area contributed by atoms with Gasteiger partial charge < -0.3 is 10.2 Å². The molecular formula is C12H22O2. The molecule has 2 rings (SSSR count). The summed E-state index contributed by atoms with van der Waals surface area (Å²) >= 11 is 0. The molecule has 2 heteroatoms. The van der Waals surface area contributed by atoms with Crippen LogP contribution >= 0.6 is 0 Å². The van der Waals surface area contributed by atoms with Gasteiger partial charge in [-0.3, -0.25) is 0 Å². The van der Waals surface area contributed by atoms with Crippen LogP contribution in [-0.2, 0) is 0 Å². The minimum atomic E-state index is -0.138. The highest BCUT2D eigenvalue weighted by Gasteiger charge is 2.35. The van der Waals surface area contributed by atoms with Crippen LogP contribution in [-0.4, -0.2) is 22.4 Å². The Hall–Kier alpha value is -0.0800. The Morgan fingerprint density at radius 1 is 0.571 bits per heavy atom. The van der Waals surface area contributed by atoms with E-state index in [0.717, 1.165) is 25.7 Å². The van der Waals surface area contributed by atoms with Crippen LogP contribution in [0.4, 0.5) is 0 Å². The third-order valence-electron chi connectivity index (χ3n) is 4.11. The van der Waals surface area contributed by atoms with Crippen LogP contribution in [0.3, 0.4) is 0 Å². The summed E-state index contributed by atoms with van der Waals surface area (Å²) in [5.74, 6) is 0.776. The Kier molecular flexibility index (Phi) is 3.45. The molecule has 4 unspecified atom stereocenters. The lowest BCUT2D eigenvalue weighted by atomic mass is 9.71. The Morgan fingerprint density at radius 3 is 1.29 bits per heavy atom. The molecule has 2 aliphatic rings. The van der Waals surface area contributed by atoms with Crippen LogP contribution in [0.25, 0.3) is 0 Å². The summed E-state index contributed by atoms with van der Waals surface area (Å²) < 4.78 is 0. The van der Waals surface area contributed by atoms with Gasteiger partial charge in [0.1, 0.15) is 0 Å². The van der Waals surface area contributed by atoms with Gasteiger partial charge in [-0.2, -0.15) is 0 Å². The molecule has 2 nitrogen and oxygen atoms in total. The zero-order valence-corrected chi connectivity index (χ0v) is 8.86. The van der Waals surface area contributed by atoms with E-state index in [9.17, 15) is 10.2 Å². The van der Waals surface area contributed by atoms with Gasteiger partial charge in [0.2, 0.25) is 0 Å². The fourth-order valence-corrected chi connectivity index (χ4v) is 3.28. The van der Waals surface area contributed by atoms with Gasteiger partial charge >= 0.3 is 0 Å². The van der Waals surface area contributed by atoms with Crippen molar-refractivity contribution >= 4 is 0 Å². The molecular weight excluding hydrogens is 176 g/mol. The Labute approximate surface area is 86.3 Å². The maximum atomic E-state index is 9.93. The molecule has 0 spiro atoms. The highest BCUT2D eigenvalue weighted by atomic mass is 16.3. The molecule has 2 saturated carbocycles. The van der Waals surface area contributed by atoms with E-state index in [-0.39, 0.29) is 12.2 Å². The molecule has 82 valence electrons. The second-order valence-electron chi connectivity index (χ2n) is 5.03. The molecule has 2 N–H and O–H groups in total. The molecule has 0 radical (unpaired) electrons. The van der Waals surface area contributed by atoms with Gasteiger partial charge in [0.15, 0.2) is 0 Å². The lowest BCUT2D eigenvalue weighted by molar-refractivity contribution is -0.0325. The van der Waals surface area contributed by atoms with Crippen molar-refractivity contribution in [3.05, 3.63) is 0 Å². The molecule has 0 aromatic carbocycles. The smallest absolute Gasteiger partial charge is 0.0572 e. The fraction of sp³-hybridized carbons (Fsp3) is 1.00. The summed E-state index contributed by atoms with van der Waals surface area (Å²) in [6.07, 6.45) is 8.70. The van der Waals surface area contributed by atoms with Gasteiger partial charge in [-0.05, 0) is 37.5 Å². The summed E-state index contributed by atoms with van der Waals surface area (Å²) in [6.45, 7) is 0. The highest BCUT2D eigenvalue weighted by molar-refractivity contribution is 4.86. The average Bonchev–Trinajstić information content (AvgIpc) is 2.20. The summed E-state index contributed by atoms with van der Waals surface area (Å²) in [7, 11) is 0. The van der Waals surface area contributed by atoms with E-state index in [1.807, 2.05) is 0 Å². The zero-order valence-electron chi connectivity index (χ0n) is 8.86. The molecule has 2 aliphatic carbocycles. The van der Waals surface area contributed by atoms with Crippen LogP contribution in [0.15, 0.2) is 0 Å². The van der Waals surface area contributed by atoms with Crippen molar-refractivity contribution < 1.29 is 10.2 Å². The predicted molar refractivity (Wildman–Crippen MR) is 55.9 cm³/mol. The Bertz CT molecular complexity index is 161. The molecule has 0 aliphatic heterocycles. The van der Waals surface area contributed by atoms with E-state index in [1.54, 1.807) is 0 Å². The van der Waals surface area contributed by atoms with Gasteiger partial charge in [-0.1, -0.05) is 25.7 Å². The van der Waals surface area contributed by atoms with Gasteiger partial charge in [-0.25, -0.2) is 0 Å². The van der Waals surface area contributed by atoms with E-state index in [1.165, 1.54) is 25.7 Å². The summed E-state index contributed by atoms with van der Waals surface area (Å²) in [5.41, 5.74) is 0. The molecule has 14 heavy (non-hydrogen) atoms. The molecule has 0 aromatic heterocycles. The predicted octanol–water partition coefficient (Wildman–Crippen LogP) is 2.09. The minimum absolute atomic E-state index is 0.138. The highest BCUT2D eigenvalue weighted by Crippen LogP contribution is 2.38. The first-order chi connectivity index (χ1) is 6.79. The SMILES string of the molecule is OC1CCCCC1C1CCCCC1O. The summed E-state index contributed by atoms with van der Waals surface area (Å²) in [4.78, 5) is 0. The van der Waals surface area contributed by atoms with Crippen LogP contribution < -0.4 is 0 Å². The quantitative estimate of drug-likeness (QED) is 0.677. The second kappa shape index (κ2) is 4.63. The first-order valence-electron chi connectivity index (χ1n) is 6.15. The molecule has 2 fully saturated rings. The van der Waals surface area contributed by atoms with E-state index < -0.39 is 0 Å². The van der Waals surface area contributed by atoms with E-state index in [0.29, 0.717) is 11.8 Å². The normalized spacial score (nSPS) is 45.0. The molecule has 4 atom stereocenters. The zero-order chi connectivity index (χ0) is 9.97. The van der Waals surface area contributed by atoms with Gasteiger partial charge in [-0.15, -0.1) is 0 Å².